The Morgan fingerprint density at radius 2 is 2.00 bits per heavy atom. The molecule has 2 aliphatic rings. The van der Waals surface area contributed by atoms with Crippen molar-refractivity contribution < 1.29 is 14.4 Å². The quantitative estimate of drug-likeness (QED) is 0.804. The Bertz CT molecular complexity index is 661. The van der Waals surface area contributed by atoms with Crippen LogP contribution in [0.3, 0.4) is 0 Å². The maximum atomic E-state index is 12.7. The molecule has 0 bridgehead atoms. The number of hydrogen-bond acceptors (Lipinski definition) is 4. The molecule has 7 heteroatoms. The van der Waals surface area contributed by atoms with E-state index in [0.29, 0.717) is 37.3 Å². The van der Waals surface area contributed by atoms with Crippen molar-refractivity contribution in [3.63, 3.8) is 0 Å². The summed E-state index contributed by atoms with van der Waals surface area (Å²) in [6.45, 7) is 3.03. The van der Waals surface area contributed by atoms with Crippen molar-refractivity contribution in [1.29, 1.82) is 0 Å². The molecule has 24 heavy (non-hydrogen) atoms. The van der Waals surface area contributed by atoms with E-state index in [1.54, 1.807) is 23.1 Å². The summed E-state index contributed by atoms with van der Waals surface area (Å²) < 4.78 is 0. The van der Waals surface area contributed by atoms with Crippen molar-refractivity contribution in [2.24, 2.45) is 5.73 Å². The van der Waals surface area contributed by atoms with Gasteiger partial charge >= 0.3 is 0 Å². The van der Waals surface area contributed by atoms with Crippen molar-refractivity contribution in [3.8, 4) is 0 Å². The molecule has 0 aromatic heterocycles. The molecule has 1 aromatic rings. The van der Waals surface area contributed by atoms with Crippen LogP contribution in [0.15, 0.2) is 24.3 Å². The monoisotopic (exact) mass is 330 g/mol. The molecule has 1 unspecified atom stereocenters. The van der Waals surface area contributed by atoms with Gasteiger partial charge in [0.05, 0.1) is 6.54 Å². The third-order valence-electron chi connectivity index (χ3n) is 4.64. The molecule has 1 aromatic carbocycles. The first-order valence-corrected chi connectivity index (χ1v) is 8.25. The summed E-state index contributed by atoms with van der Waals surface area (Å²) in [6, 6.07) is 6.54. The van der Waals surface area contributed by atoms with Crippen LogP contribution < -0.4 is 11.1 Å². The van der Waals surface area contributed by atoms with E-state index in [4.69, 9.17) is 5.73 Å². The minimum absolute atomic E-state index is 0.0663. The molecular formula is C17H22N4O3. The molecule has 1 atom stereocenters. The number of nitrogens with zero attached hydrogens (tertiary/aromatic N) is 2. The molecule has 2 fully saturated rings. The number of nitrogens with two attached hydrogens (primary N) is 1. The molecule has 7 nitrogen and oxygen atoms in total. The maximum Gasteiger partial charge on any atom is 0.253 e. The van der Waals surface area contributed by atoms with E-state index in [0.717, 1.165) is 19.4 Å². The fourth-order valence-electron chi connectivity index (χ4n) is 3.39. The molecule has 3 amide bonds. The Morgan fingerprint density at radius 3 is 2.75 bits per heavy atom. The van der Waals surface area contributed by atoms with Crippen LogP contribution in [0.2, 0.25) is 0 Å². The third-order valence-corrected chi connectivity index (χ3v) is 4.64. The number of nitrogens with one attached hydrogen (secondary N) is 1. The predicted octanol–water partition coefficient (Wildman–Crippen LogP) is -0.178. The van der Waals surface area contributed by atoms with Gasteiger partial charge in [-0.25, -0.2) is 0 Å². The van der Waals surface area contributed by atoms with Gasteiger partial charge in [0, 0.05) is 43.3 Å². The van der Waals surface area contributed by atoms with Gasteiger partial charge in [-0.2, -0.15) is 0 Å². The molecular weight excluding hydrogens is 308 g/mol. The van der Waals surface area contributed by atoms with Crippen LogP contribution in [0.1, 0.15) is 33.6 Å². The fraction of sp³-hybridized carbons (Fsp3) is 0.471. The summed E-state index contributed by atoms with van der Waals surface area (Å²) in [5.41, 5.74) is 6.06. The molecule has 2 aliphatic heterocycles. The zero-order valence-electron chi connectivity index (χ0n) is 13.5. The topological polar surface area (TPSA) is 95.7 Å². The van der Waals surface area contributed by atoms with Crippen LogP contribution in [-0.4, -0.2) is 66.3 Å². The Hall–Kier alpha value is -2.41. The van der Waals surface area contributed by atoms with Crippen LogP contribution in [0.4, 0.5) is 0 Å². The van der Waals surface area contributed by atoms with Gasteiger partial charge in [0.15, 0.2) is 0 Å². The SMILES string of the molecule is NC(=O)c1cccc(C(=O)N2CCCC(N3CCNCC3=O)C2)c1. The zero-order valence-corrected chi connectivity index (χ0v) is 13.5. The predicted molar refractivity (Wildman–Crippen MR) is 88.5 cm³/mol. The van der Waals surface area contributed by atoms with E-state index < -0.39 is 5.91 Å². The number of likely N-dealkylation sites (tertiary alicyclic amines) is 1. The van der Waals surface area contributed by atoms with Crippen LogP contribution in [0.5, 0.6) is 0 Å². The molecule has 0 aliphatic carbocycles. The maximum absolute atomic E-state index is 12.7. The second kappa shape index (κ2) is 7.00. The van der Waals surface area contributed by atoms with Crippen LogP contribution in [0, 0.1) is 0 Å². The molecule has 128 valence electrons. The lowest BCUT2D eigenvalue weighted by atomic mass is 10.0. The number of benzene rings is 1. The van der Waals surface area contributed by atoms with Gasteiger partial charge in [-0.05, 0) is 31.0 Å². The van der Waals surface area contributed by atoms with Crippen molar-refractivity contribution in [1.82, 2.24) is 15.1 Å². The van der Waals surface area contributed by atoms with Crippen LogP contribution >= 0.6 is 0 Å². The number of rotatable bonds is 3. The van der Waals surface area contributed by atoms with Gasteiger partial charge < -0.3 is 20.9 Å². The third kappa shape index (κ3) is 3.41. The van der Waals surface area contributed by atoms with E-state index in [9.17, 15) is 14.4 Å². The molecule has 3 rings (SSSR count). The summed E-state index contributed by atoms with van der Waals surface area (Å²) in [5, 5.41) is 3.06. The molecule has 0 radical (unpaired) electrons. The first-order valence-electron chi connectivity index (χ1n) is 8.25. The van der Waals surface area contributed by atoms with Crippen molar-refractivity contribution in [2.45, 2.75) is 18.9 Å². The van der Waals surface area contributed by atoms with Gasteiger partial charge in [-0.3, -0.25) is 14.4 Å². The Labute approximate surface area is 140 Å². The number of piperazine rings is 1. The lowest BCUT2D eigenvalue weighted by Crippen LogP contribution is -2.57. The van der Waals surface area contributed by atoms with Crippen molar-refractivity contribution in [2.75, 3.05) is 32.7 Å². The number of piperidine rings is 1. The molecule has 0 spiro atoms. The number of carbonyl (C=O) groups excluding carboxylic acids is 3. The average molecular weight is 330 g/mol. The van der Waals surface area contributed by atoms with E-state index in [-0.39, 0.29) is 17.9 Å². The standard InChI is InChI=1S/C17H22N4O3/c18-16(23)12-3-1-4-13(9-12)17(24)20-7-2-5-14(11-20)21-8-6-19-10-15(21)22/h1,3-4,9,14,19H,2,5-8,10-11H2,(H2,18,23). The summed E-state index contributed by atoms with van der Waals surface area (Å²) in [6.07, 6.45) is 1.78. The number of amides is 3. The van der Waals surface area contributed by atoms with Gasteiger partial charge in [-0.1, -0.05) is 6.07 Å². The van der Waals surface area contributed by atoms with Crippen LogP contribution in [-0.2, 0) is 4.79 Å². The Kier molecular flexibility index (Phi) is 4.80. The Balaban J connectivity index is 1.72. The molecule has 2 heterocycles. The molecule has 3 N–H and O–H groups in total. The van der Waals surface area contributed by atoms with Crippen molar-refractivity contribution >= 4 is 17.7 Å². The number of hydrogen-bond donors (Lipinski definition) is 2. The van der Waals surface area contributed by atoms with E-state index >= 15 is 0 Å². The van der Waals surface area contributed by atoms with Gasteiger partial charge in [0.2, 0.25) is 11.8 Å². The second-order valence-corrected chi connectivity index (χ2v) is 6.26. The summed E-state index contributed by atoms with van der Waals surface area (Å²) in [7, 11) is 0. The summed E-state index contributed by atoms with van der Waals surface area (Å²) >= 11 is 0. The highest BCUT2D eigenvalue weighted by atomic mass is 16.2. The second-order valence-electron chi connectivity index (χ2n) is 6.26. The normalized spacial score (nSPS) is 21.7. The lowest BCUT2D eigenvalue weighted by molar-refractivity contribution is -0.135. The number of carbonyl (C=O) groups is 3. The molecule has 0 saturated carbocycles. The van der Waals surface area contributed by atoms with Gasteiger partial charge in [0.1, 0.15) is 0 Å². The van der Waals surface area contributed by atoms with Crippen molar-refractivity contribution in [3.05, 3.63) is 35.4 Å². The lowest BCUT2D eigenvalue weighted by Gasteiger charge is -2.41. The van der Waals surface area contributed by atoms with E-state index in [1.807, 2.05) is 4.90 Å². The smallest absolute Gasteiger partial charge is 0.253 e. The highest BCUT2D eigenvalue weighted by Gasteiger charge is 2.31. The summed E-state index contributed by atoms with van der Waals surface area (Å²) in [4.78, 5) is 39.8. The zero-order chi connectivity index (χ0) is 17.1. The minimum Gasteiger partial charge on any atom is -0.366 e. The Morgan fingerprint density at radius 1 is 1.21 bits per heavy atom. The molecule has 2 saturated heterocycles. The minimum atomic E-state index is -0.549. The average Bonchev–Trinajstić information content (AvgIpc) is 2.61. The van der Waals surface area contributed by atoms with E-state index in [2.05, 4.69) is 5.32 Å². The number of primary amides is 1. The van der Waals surface area contributed by atoms with Gasteiger partial charge in [-0.15, -0.1) is 0 Å². The first kappa shape index (κ1) is 16.4. The fourth-order valence-corrected chi connectivity index (χ4v) is 3.39. The highest BCUT2D eigenvalue weighted by molar-refractivity contribution is 5.99. The summed E-state index contributed by atoms with van der Waals surface area (Å²) in [5.74, 6) is -0.575. The van der Waals surface area contributed by atoms with E-state index in [1.165, 1.54) is 6.07 Å². The first-order chi connectivity index (χ1) is 11.6. The largest absolute Gasteiger partial charge is 0.366 e. The van der Waals surface area contributed by atoms with Crippen LogP contribution in [0.25, 0.3) is 0 Å². The van der Waals surface area contributed by atoms with Gasteiger partial charge in [0.25, 0.3) is 5.91 Å². The highest BCUT2D eigenvalue weighted by Crippen LogP contribution is 2.19.